The molecule has 0 aromatic heterocycles. The van der Waals surface area contributed by atoms with Gasteiger partial charge in [-0.3, -0.25) is 9.80 Å². The van der Waals surface area contributed by atoms with Crippen LogP contribution in [0.3, 0.4) is 0 Å². The summed E-state index contributed by atoms with van der Waals surface area (Å²) in [6.45, 7) is 13.7. The molecular weight excluding hydrogens is 258 g/mol. The molecule has 1 unspecified atom stereocenters. The summed E-state index contributed by atoms with van der Waals surface area (Å²) < 4.78 is 0. The maximum atomic E-state index is 3.61. The van der Waals surface area contributed by atoms with Gasteiger partial charge in [-0.1, -0.05) is 37.3 Å². The predicted molar refractivity (Wildman–Crippen MR) is 90.6 cm³/mol. The number of benzene rings is 1. The summed E-state index contributed by atoms with van der Waals surface area (Å²) in [5.74, 6) is 0. The summed E-state index contributed by atoms with van der Waals surface area (Å²) in [5.41, 5.74) is 1.44. The minimum Gasteiger partial charge on any atom is -0.315 e. The van der Waals surface area contributed by atoms with Crippen LogP contribution in [-0.4, -0.2) is 55.1 Å². The van der Waals surface area contributed by atoms with E-state index in [0.717, 1.165) is 13.1 Å². The monoisotopic (exact) mass is 289 g/mol. The number of hydrogen-bond acceptors (Lipinski definition) is 3. The highest BCUT2D eigenvalue weighted by molar-refractivity contribution is 5.19. The van der Waals surface area contributed by atoms with Crippen molar-refractivity contribution in [1.29, 1.82) is 0 Å². The summed E-state index contributed by atoms with van der Waals surface area (Å²) >= 11 is 0. The third kappa shape index (κ3) is 4.80. The number of piperazine rings is 1. The number of nitrogens with zero attached hydrogens (tertiary/aromatic N) is 2. The molecule has 21 heavy (non-hydrogen) atoms. The van der Waals surface area contributed by atoms with E-state index in [1.807, 2.05) is 0 Å². The fraction of sp³-hybridized carbons (Fsp3) is 0.667. The summed E-state index contributed by atoms with van der Waals surface area (Å²) in [7, 11) is 0. The molecule has 1 heterocycles. The van der Waals surface area contributed by atoms with Gasteiger partial charge in [-0.15, -0.1) is 0 Å². The van der Waals surface area contributed by atoms with E-state index in [1.54, 1.807) is 0 Å². The Hall–Kier alpha value is -0.900. The van der Waals surface area contributed by atoms with Crippen molar-refractivity contribution in [2.24, 2.45) is 0 Å². The Morgan fingerprint density at radius 3 is 2.19 bits per heavy atom. The van der Waals surface area contributed by atoms with Crippen LogP contribution >= 0.6 is 0 Å². The average molecular weight is 289 g/mol. The van der Waals surface area contributed by atoms with E-state index in [-0.39, 0.29) is 0 Å². The first-order valence-corrected chi connectivity index (χ1v) is 8.46. The molecule has 3 heteroatoms. The molecule has 0 saturated carbocycles. The Balaban J connectivity index is 1.99. The van der Waals surface area contributed by atoms with Gasteiger partial charge >= 0.3 is 0 Å². The van der Waals surface area contributed by atoms with Crippen molar-refractivity contribution in [2.75, 3.05) is 39.3 Å². The Bertz CT molecular complexity index is 383. The second-order valence-corrected chi connectivity index (χ2v) is 6.30. The van der Waals surface area contributed by atoms with Crippen molar-refractivity contribution in [3.8, 4) is 0 Å². The van der Waals surface area contributed by atoms with Gasteiger partial charge < -0.3 is 5.32 Å². The van der Waals surface area contributed by atoms with Crippen molar-refractivity contribution in [1.82, 2.24) is 15.1 Å². The van der Waals surface area contributed by atoms with E-state index in [4.69, 9.17) is 0 Å². The number of rotatable bonds is 7. The zero-order chi connectivity index (χ0) is 15.1. The normalized spacial score (nSPS) is 19.0. The Morgan fingerprint density at radius 2 is 1.62 bits per heavy atom. The topological polar surface area (TPSA) is 18.5 Å². The fourth-order valence-corrected chi connectivity index (χ4v) is 3.11. The van der Waals surface area contributed by atoms with Gasteiger partial charge in [0.2, 0.25) is 0 Å². The summed E-state index contributed by atoms with van der Waals surface area (Å²) in [6.07, 6.45) is 1.20. The minimum absolute atomic E-state index is 0.507. The highest BCUT2D eigenvalue weighted by Crippen LogP contribution is 2.22. The van der Waals surface area contributed by atoms with Gasteiger partial charge in [-0.2, -0.15) is 0 Å². The van der Waals surface area contributed by atoms with Crippen molar-refractivity contribution in [2.45, 2.75) is 39.3 Å². The van der Waals surface area contributed by atoms with Gasteiger partial charge in [-0.25, -0.2) is 0 Å². The molecule has 0 radical (unpaired) electrons. The lowest BCUT2D eigenvalue weighted by atomic mass is 10.0. The van der Waals surface area contributed by atoms with Gasteiger partial charge in [0.15, 0.2) is 0 Å². The third-order valence-corrected chi connectivity index (χ3v) is 4.47. The van der Waals surface area contributed by atoms with Gasteiger partial charge in [0, 0.05) is 44.8 Å². The number of nitrogens with one attached hydrogen (secondary N) is 1. The quantitative estimate of drug-likeness (QED) is 0.779. The minimum atomic E-state index is 0.507. The van der Waals surface area contributed by atoms with Crippen LogP contribution < -0.4 is 5.32 Å². The molecule has 118 valence electrons. The van der Waals surface area contributed by atoms with Crippen LogP contribution in [0, 0.1) is 0 Å². The standard InChI is InChI=1S/C18H31N3/c1-4-10-19-15-18(17-8-6-5-7-9-17)21-13-11-20(12-14-21)16(2)3/h5-9,16,18-19H,4,10-15H2,1-3H3. The Kier molecular flexibility index (Phi) is 6.68. The molecular formula is C18H31N3. The second kappa shape index (κ2) is 8.52. The number of hydrogen-bond donors (Lipinski definition) is 1. The van der Waals surface area contributed by atoms with E-state index in [2.05, 4.69) is 66.2 Å². The van der Waals surface area contributed by atoms with E-state index in [1.165, 1.54) is 38.2 Å². The van der Waals surface area contributed by atoms with Crippen molar-refractivity contribution in [3.05, 3.63) is 35.9 Å². The van der Waals surface area contributed by atoms with Crippen LogP contribution in [0.15, 0.2) is 30.3 Å². The summed E-state index contributed by atoms with van der Waals surface area (Å²) in [6, 6.07) is 12.1. The van der Waals surface area contributed by atoms with Gasteiger partial charge in [0.1, 0.15) is 0 Å². The highest BCUT2D eigenvalue weighted by Gasteiger charge is 2.25. The fourth-order valence-electron chi connectivity index (χ4n) is 3.11. The lowest BCUT2D eigenvalue weighted by Crippen LogP contribution is -2.51. The first-order chi connectivity index (χ1) is 10.2. The zero-order valence-corrected chi connectivity index (χ0v) is 13.9. The highest BCUT2D eigenvalue weighted by atomic mass is 15.3. The van der Waals surface area contributed by atoms with Gasteiger partial charge in [0.05, 0.1) is 0 Å². The van der Waals surface area contributed by atoms with Crippen LogP contribution in [0.4, 0.5) is 0 Å². The van der Waals surface area contributed by atoms with E-state index in [9.17, 15) is 0 Å². The molecule has 0 amide bonds. The maximum Gasteiger partial charge on any atom is 0.0473 e. The molecule has 1 N–H and O–H groups in total. The second-order valence-electron chi connectivity index (χ2n) is 6.30. The molecule has 2 rings (SSSR count). The maximum absolute atomic E-state index is 3.61. The Labute approximate surface area is 130 Å². The lowest BCUT2D eigenvalue weighted by molar-refractivity contribution is 0.0774. The van der Waals surface area contributed by atoms with Crippen LogP contribution in [-0.2, 0) is 0 Å². The van der Waals surface area contributed by atoms with Crippen LogP contribution in [0.2, 0.25) is 0 Å². The van der Waals surface area contributed by atoms with Gasteiger partial charge in [0.25, 0.3) is 0 Å². The van der Waals surface area contributed by atoms with E-state index in [0.29, 0.717) is 12.1 Å². The average Bonchev–Trinajstić information content (AvgIpc) is 2.53. The van der Waals surface area contributed by atoms with Crippen LogP contribution in [0.1, 0.15) is 38.8 Å². The van der Waals surface area contributed by atoms with E-state index >= 15 is 0 Å². The predicted octanol–water partition coefficient (Wildman–Crippen LogP) is 2.75. The smallest absolute Gasteiger partial charge is 0.0473 e. The van der Waals surface area contributed by atoms with Gasteiger partial charge in [-0.05, 0) is 32.4 Å². The van der Waals surface area contributed by atoms with Crippen LogP contribution in [0.5, 0.6) is 0 Å². The van der Waals surface area contributed by atoms with E-state index < -0.39 is 0 Å². The lowest BCUT2D eigenvalue weighted by Gasteiger charge is -2.41. The molecule has 0 spiro atoms. The van der Waals surface area contributed by atoms with Crippen LogP contribution in [0.25, 0.3) is 0 Å². The first kappa shape index (κ1) is 16.5. The molecule has 0 aliphatic carbocycles. The molecule has 1 aliphatic heterocycles. The van der Waals surface area contributed by atoms with Crippen molar-refractivity contribution < 1.29 is 0 Å². The molecule has 1 fully saturated rings. The Morgan fingerprint density at radius 1 is 1.00 bits per heavy atom. The molecule has 1 aromatic carbocycles. The molecule has 0 bridgehead atoms. The summed E-state index contributed by atoms with van der Waals surface area (Å²) in [4.78, 5) is 5.23. The van der Waals surface area contributed by atoms with Crippen molar-refractivity contribution >= 4 is 0 Å². The molecule has 1 aliphatic rings. The molecule has 1 saturated heterocycles. The largest absolute Gasteiger partial charge is 0.315 e. The zero-order valence-electron chi connectivity index (χ0n) is 13.9. The third-order valence-electron chi connectivity index (χ3n) is 4.47. The summed E-state index contributed by atoms with van der Waals surface area (Å²) in [5, 5.41) is 3.61. The first-order valence-electron chi connectivity index (χ1n) is 8.46. The molecule has 1 atom stereocenters. The van der Waals surface area contributed by atoms with Crippen molar-refractivity contribution in [3.63, 3.8) is 0 Å². The molecule has 3 nitrogen and oxygen atoms in total. The SMILES string of the molecule is CCCNCC(c1ccccc1)N1CCN(C(C)C)CC1. The molecule has 1 aromatic rings.